The van der Waals surface area contributed by atoms with Crippen molar-refractivity contribution >= 4 is 29.7 Å². The molecule has 2 unspecified atom stereocenters. The number of rotatable bonds is 13. The van der Waals surface area contributed by atoms with Crippen molar-refractivity contribution < 1.29 is 33.4 Å². The van der Waals surface area contributed by atoms with Crippen LogP contribution in [0.1, 0.15) is 38.5 Å². The molecular weight excluding hydrogens is 432 g/mol. The Labute approximate surface area is 194 Å². The Morgan fingerprint density at radius 2 is 1.58 bits per heavy atom. The number of amidine groups is 1. The summed E-state index contributed by atoms with van der Waals surface area (Å²) < 4.78 is 14.1. The molecule has 0 aromatic heterocycles. The van der Waals surface area contributed by atoms with Crippen molar-refractivity contribution in [2.24, 2.45) is 10.9 Å². The summed E-state index contributed by atoms with van der Waals surface area (Å²) in [5.74, 6) is -0.0123. The van der Waals surface area contributed by atoms with Gasteiger partial charge in [0.25, 0.3) is 0 Å². The van der Waals surface area contributed by atoms with Crippen LogP contribution in [0, 0.1) is 5.92 Å². The lowest BCUT2D eigenvalue weighted by atomic mass is 9.98. The molecule has 0 saturated carbocycles. The highest BCUT2D eigenvalue weighted by Gasteiger charge is 2.41. The van der Waals surface area contributed by atoms with E-state index in [2.05, 4.69) is 24.7 Å². The van der Waals surface area contributed by atoms with E-state index in [4.69, 9.17) is 4.74 Å². The summed E-state index contributed by atoms with van der Waals surface area (Å²) in [6.45, 7) is 3.22. The van der Waals surface area contributed by atoms with Gasteiger partial charge in [-0.05, 0) is 19.3 Å². The van der Waals surface area contributed by atoms with Gasteiger partial charge in [-0.15, -0.1) is 0 Å². The van der Waals surface area contributed by atoms with Crippen molar-refractivity contribution in [1.29, 1.82) is 0 Å². The van der Waals surface area contributed by atoms with Crippen LogP contribution in [-0.4, -0.2) is 106 Å². The van der Waals surface area contributed by atoms with Gasteiger partial charge in [-0.1, -0.05) is 0 Å². The molecule has 2 rings (SSSR count). The lowest BCUT2D eigenvalue weighted by Gasteiger charge is -2.29. The Balaban J connectivity index is 1.88. The number of methoxy groups -OCH3 is 3. The van der Waals surface area contributed by atoms with Gasteiger partial charge in [-0.25, -0.2) is 0 Å². The molecule has 33 heavy (non-hydrogen) atoms. The first-order valence-corrected chi connectivity index (χ1v) is 11.4. The van der Waals surface area contributed by atoms with Gasteiger partial charge in [0.05, 0.1) is 34.2 Å². The molecule has 2 heterocycles. The summed E-state index contributed by atoms with van der Waals surface area (Å²) in [6, 6.07) is -0.315. The standard InChI is InChI=1S/C22H36N4O7/c1-31-18(27)6-5-16-15-17(26-11-4-9-23-21(16)26)22(30)24-10-14-25(12-7-19(28)32-2)13-8-20(29)33-3/h16-17H,4-15H2,1-3H3,(H,24,30). The number of fused-ring (bicyclic) bond motifs is 1. The van der Waals surface area contributed by atoms with Crippen LogP contribution in [0.5, 0.6) is 0 Å². The molecular formula is C22H36N4O7. The minimum absolute atomic E-state index is 0.0664. The quantitative estimate of drug-likeness (QED) is 0.293. The van der Waals surface area contributed by atoms with E-state index < -0.39 is 0 Å². The predicted octanol–water partition coefficient (Wildman–Crippen LogP) is -0.0233. The molecule has 0 aliphatic carbocycles. The van der Waals surface area contributed by atoms with Gasteiger partial charge in [0.15, 0.2) is 0 Å². The Bertz CT molecular complexity index is 708. The maximum Gasteiger partial charge on any atom is 0.306 e. The number of hydrogen-bond donors (Lipinski definition) is 1. The molecule has 1 fully saturated rings. The Morgan fingerprint density at radius 1 is 0.970 bits per heavy atom. The number of nitrogens with one attached hydrogen (secondary N) is 1. The van der Waals surface area contributed by atoms with Crippen molar-refractivity contribution in [1.82, 2.24) is 15.1 Å². The summed E-state index contributed by atoms with van der Waals surface area (Å²) in [6.07, 6.45) is 2.83. The number of amides is 1. The van der Waals surface area contributed by atoms with E-state index in [1.165, 1.54) is 21.3 Å². The fraction of sp³-hybridized carbons (Fsp3) is 0.773. The van der Waals surface area contributed by atoms with Gasteiger partial charge in [-0.2, -0.15) is 0 Å². The average Bonchev–Trinajstić information content (AvgIpc) is 3.21. The zero-order valence-corrected chi connectivity index (χ0v) is 19.8. The monoisotopic (exact) mass is 468 g/mol. The van der Waals surface area contributed by atoms with E-state index >= 15 is 0 Å². The van der Waals surface area contributed by atoms with Gasteiger partial charge >= 0.3 is 17.9 Å². The molecule has 186 valence electrons. The molecule has 0 bridgehead atoms. The zero-order valence-electron chi connectivity index (χ0n) is 19.8. The van der Waals surface area contributed by atoms with Gasteiger partial charge < -0.3 is 29.3 Å². The third-order valence-corrected chi connectivity index (χ3v) is 6.05. The summed E-state index contributed by atoms with van der Waals surface area (Å²) in [5.41, 5.74) is 0. The van der Waals surface area contributed by atoms with Crippen molar-refractivity contribution in [3.05, 3.63) is 0 Å². The fourth-order valence-corrected chi connectivity index (χ4v) is 4.20. The largest absolute Gasteiger partial charge is 0.469 e. The Hall–Kier alpha value is -2.69. The topological polar surface area (TPSA) is 127 Å². The number of ether oxygens (including phenoxy) is 3. The molecule has 11 heteroatoms. The maximum atomic E-state index is 13.0. The first kappa shape index (κ1) is 26.6. The number of carbonyl (C=O) groups excluding carboxylic acids is 4. The van der Waals surface area contributed by atoms with Crippen LogP contribution < -0.4 is 5.32 Å². The van der Waals surface area contributed by atoms with E-state index in [1.807, 2.05) is 4.90 Å². The highest BCUT2D eigenvalue weighted by molar-refractivity contribution is 5.95. The molecule has 2 aliphatic rings. The molecule has 2 atom stereocenters. The highest BCUT2D eigenvalue weighted by atomic mass is 16.5. The molecule has 0 aromatic rings. The Kier molecular flexibility index (Phi) is 11.1. The number of nitrogens with zero attached hydrogens (tertiary/aromatic N) is 3. The van der Waals surface area contributed by atoms with Crippen molar-refractivity contribution in [3.63, 3.8) is 0 Å². The first-order valence-electron chi connectivity index (χ1n) is 11.4. The summed E-state index contributed by atoms with van der Waals surface area (Å²) in [4.78, 5) is 56.1. The van der Waals surface area contributed by atoms with Crippen LogP contribution in [0.4, 0.5) is 0 Å². The lowest BCUT2D eigenvalue weighted by molar-refractivity contribution is -0.142. The minimum Gasteiger partial charge on any atom is -0.469 e. The van der Waals surface area contributed by atoms with Gasteiger partial charge in [0, 0.05) is 51.6 Å². The molecule has 1 amide bonds. The second-order valence-electron chi connectivity index (χ2n) is 8.14. The van der Waals surface area contributed by atoms with E-state index in [0.717, 1.165) is 25.3 Å². The van der Waals surface area contributed by atoms with Gasteiger partial charge in [-0.3, -0.25) is 24.2 Å². The molecule has 1 N–H and O–H groups in total. The highest BCUT2D eigenvalue weighted by Crippen LogP contribution is 2.31. The van der Waals surface area contributed by atoms with Gasteiger partial charge in [0.1, 0.15) is 11.9 Å². The molecule has 0 aromatic carbocycles. The van der Waals surface area contributed by atoms with E-state index in [9.17, 15) is 19.2 Å². The van der Waals surface area contributed by atoms with Crippen LogP contribution >= 0.6 is 0 Å². The lowest BCUT2D eigenvalue weighted by Crippen LogP contribution is -2.48. The van der Waals surface area contributed by atoms with Crippen molar-refractivity contribution in [2.75, 3.05) is 60.6 Å². The molecule has 11 nitrogen and oxygen atoms in total. The van der Waals surface area contributed by atoms with Crippen LogP contribution in [0.3, 0.4) is 0 Å². The number of esters is 3. The first-order chi connectivity index (χ1) is 15.9. The van der Waals surface area contributed by atoms with E-state index in [1.54, 1.807) is 0 Å². The van der Waals surface area contributed by atoms with Crippen LogP contribution in [0.25, 0.3) is 0 Å². The average molecular weight is 469 g/mol. The normalized spacial score (nSPS) is 19.5. The molecule has 2 aliphatic heterocycles. The third-order valence-electron chi connectivity index (χ3n) is 6.05. The minimum atomic E-state index is -0.331. The Morgan fingerprint density at radius 3 is 2.18 bits per heavy atom. The third kappa shape index (κ3) is 8.30. The van der Waals surface area contributed by atoms with Crippen LogP contribution in [0.2, 0.25) is 0 Å². The summed E-state index contributed by atoms with van der Waals surface area (Å²) in [5, 5.41) is 2.99. The fourth-order valence-electron chi connectivity index (χ4n) is 4.20. The number of carbonyl (C=O) groups is 4. The molecule has 1 saturated heterocycles. The van der Waals surface area contributed by atoms with E-state index in [-0.39, 0.29) is 48.6 Å². The summed E-state index contributed by atoms with van der Waals surface area (Å²) in [7, 11) is 4.04. The number of aliphatic imine (C=N–C) groups is 1. The second kappa shape index (κ2) is 13.8. The SMILES string of the molecule is COC(=O)CCC1CC(C(=O)NCCN(CCC(=O)OC)CCC(=O)OC)N2CCCN=C12. The van der Waals surface area contributed by atoms with Crippen molar-refractivity contribution in [3.8, 4) is 0 Å². The smallest absolute Gasteiger partial charge is 0.306 e. The number of hydrogen-bond acceptors (Lipinski definition) is 10. The van der Waals surface area contributed by atoms with Crippen LogP contribution in [0.15, 0.2) is 4.99 Å². The maximum absolute atomic E-state index is 13.0. The van der Waals surface area contributed by atoms with Gasteiger partial charge in [0.2, 0.25) is 5.91 Å². The zero-order chi connectivity index (χ0) is 24.2. The predicted molar refractivity (Wildman–Crippen MR) is 119 cm³/mol. The second-order valence-corrected chi connectivity index (χ2v) is 8.14. The van der Waals surface area contributed by atoms with Crippen LogP contribution in [-0.2, 0) is 33.4 Å². The molecule has 0 radical (unpaired) electrons. The van der Waals surface area contributed by atoms with E-state index in [0.29, 0.717) is 45.4 Å². The van der Waals surface area contributed by atoms with Crippen molar-refractivity contribution in [2.45, 2.75) is 44.6 Å². The summed E-state index contributed by atoms with van der Waals surface area (Å²) >= 11 is 0. The molecule has 0 spiro atoms.